The summed E-state index contributed by atoms with van der Waals surface area (Å²) in [7, 11) is 0. The van der Waals surface area contributed by atoms with Crippen molar-refractivity contribution in [3.63, 3.8) is 0 Å². The molecule has 0 unspecified atom stereocenters. The topological polar surface area (TPSA) is 77.3 Å². The molecule has 36 heavy (non-hydrogen) atoms. The molecule has 1 fully saturated rings. The summed E-state index contributed by atoms with van der Waals surface area (Å²) in [6, 6.07) is 16.5. The Labute approximate surface area is 215 Å². The van der Waals surface area contributed by atoms with Crippen molar-refractivity contribution >= 4 is 33.8 Å². The minimum absolute atomic E-state index is 0.495. The summed E-state index contributed by atoms with van der Waals surface area (Å²) in [6.07, 6.45) is 9.57. The van der Waals surface area contributed by atoms with E-state index in [9.17, 15) is 0 Å². The SMILES string of the molecule is Nc1ncnn2c(CCCCN3CCCC3)cc(-c3ccc4cn(Cc5cccc(Cl)c5)nc4c3)c12. The fourth-order valence-electron chi connectivity index (χ4n) is 5.32. The molecular formula is C28H30ClN7. The normalized spacial score (nSPS) is 14.4. The fraction of sp³-hybridized carbons (Fsp3) is 0.321. The zero-order chi connectivity index (χ0) is 24.5. The second-order valence-corrected chi connectivity index (χ2v) is 10.1. The van der Waals surface area contributed by atoms with Crippen molar-refractivity contribution in [1.29, 1.82) is 0 Å². The third-order valence-electron chi connectivity index (χ3n) is 7.11. The summed E-state index contributed by atoms with van der Waals surface area (Å²) in [5.74, 6) is 0.495. The van der Waals surface area contributed by atoms with E-state index >= 15 is 0 Å². The van der Waals surface area contributed by atoms with Crippen LogP contribution in [0.5, 0.6) is 0 Å². The number of benzene rings is 2. The molecule has 184 valence electrons. The van der Waals surface area contributed by atoms with Gasteiger partial charge in [0, 0.05) is 27.9 Å². The predicted octanol–water partition coefficient (Wildman–Crippen LogP) is 5.45. The van der Waals surface area contributed by atoms with Gasteiger partial charge in [0.15, 0.2) is 5.82 Å². The van der Waals surface area contributed by atoms with Crippen molar-refractivity contribution in [3.05, 3.63) is 77.3 Å². The molecule has 2 N–H and O–H groups in total. The standard InChI is InChI=1S/C28H30ClN7/c29-23-7-5-6-20(14-23)17-35-18-22-10-9-21(15-26(22)33-35)25-16-24(36-27(25)28(30)31-19-32-36)8-1-2-11-34-12-3-4-13-34/h5-7,9-10,14-16,18-19H,1-4,8,11-13,17H2,(H2,30,31,32). The van der Waals surface area contributed by atoms with Crippen LogP contribution in [0.25, 0.3) is 27.5 Å². The van der Waals surface area contributed by atoms with Gasteiger partial charge in [-0.3, -0.25) is 4.68 Å². The molecule has 0 spiro atoms. The second kappa shape index (κ2) is 9.91. The second-order valence-electron chi connectivity index (χ2n) is 9.69. The Kier molecular flexibility index (Phi) is 6.34. The van der Waals surface area contributed by atoms with Gasteiger partial charge in [0.25, 0.3) is 0 Å². The summed E-state index contributed by atoms with van der Waals surface area (Å²) in [5.41, 5.74) is 12.6. The first-order valence-electron chi connectivity index (χ1n) is 12.7. The number of nitrogens with two attached hydrogens (primary N) is 1. The highest BCUT2D eigenvalue weighted by molar-refractivity contribution is 6.30. The van der Waals surface area contributed by atoms with Crippen molar-refractivity contribution in [2.24, 2.45) is 0 Å². The van der Waals surface area contributed by atoms with Gasteiger partial charge in [-0.15, -0.1) is 0 Å². The van der Waals surface area contributed by atoms with Crippen LogP contribution in [0.15, 0.2) is 61.1 Å². The van der Waals surface area contributed by atoms with E-state index in [-0.39, 0.29) is 0 Å². The van der Waals surface area contributed by atoms with E-state index in [1.54, 1.807) is 6.33 Å². The first-order chi connectivity index (χ1) is 17.6. The molecule has 0 bridgehead atoms. The molecule has 6 rings (SSSR count). The first kappa shape index (κ1) is 23.0. The zero-order valence-corrected chi connectivity index (χ0v) is 21.0. The Bertz CT molecular complexity index is 1510. The van der Waals surface area contributed by atoms with Crippen LogP contribution in [-0.2, 0) is 13.0 Å². The zero-order valence-electron chi connectivity index (χ0n) is 20.3. The predicted molar refractivity (Wildman–Crippen MR) is 145 cm³/mol. The molecule has 0 amide bonds. The van der Waals surface area contributed by atoms with Crippen LogP contribution >= 0.6 is 11.6 Å². The van der Waals surface area contributed by atoms with Crippen molar-refractivity contribution in [3.8, 4) is 11.1 Å². The highest BCUT2D eigenvalue weighted by Crippen LogP contribution is 2.32. The Hall–Kier alpha value is -3.42. The molecule has 3 aromatic heterocycles. The third kappa shape index (κ3) is 4.68. The lowest BCUT2D eigenvalue weighted by atomic mass is 10.0. The third-order valence-corrected chi connectivity index (χ3v) is 7.35. The van der Waals surface area contributed by atoms with Crippen LogP contribution in [0.3, 0.4) is 0 Å². The number of halogens is 1. The first-order valence-corrected chi connectivity index (χ1v) is 13.1. The van der Waals surface area contributed by atoms with Gasteiger partial charge in [0.1, 0.15) is 11.8 Å². The number of hydrogen-bond donors (Lipinski definition) is 1. The number of anilines is 1. The molecule has 2 aromatic carbocycles. The molecule has 8 heteroatoms. The Morgan fingerprint density at radius 2 is 1.89 bits per heavy atom. The van der Waals surface area contributed by atoms with Gasteiger partial charge in [-0.25, -0.2) is 9.50 Å². The number of nitrogen functional groups attached to an aromatic ring is 1. The molecule has 7 nitrogen and oxygen atoms in total. The molecular weight excluding hydrogens is 470 g/mol. The number of likely N-dealkylation sites (tertiary alicyclic amines) is 1. The maximum atomic E-state index is 6.35. The number of unbranched alkanes of at least 4 members (excludes halogenated alkanes) is 1. The number of fused-ring (bicyclic) bond motifs is 2. The molecule has 0 saturated carbocycles. The fourth-order valence-corrected chi connectivity index (χ4v) is 5.53. The summed E-state index contributed by atoms with van der Waals surface area (Å²) < 4.78 is 3.93. The van der Waals surface area contributed by atoms with E-state index in [0.29, 0.717) is 12.4 Å². The molecule has 4 heterocycles. The van der Waals surface area contributed by atoms with Crippen molar-refractivity contribution in [1.82, 2.24) is 29.3 Å². The number of hydrogen-bond acceptors (Lipinski definition) is 5. The average molecular weight is 500 g/mol. The number of nitrogens with zero attached hydrogens (tertiary/aromatic N) is 6. The quantitative estimate of drug-likeness (QED) is 0.287. The van der Waals surface area contributed by atoms with E-state index in [1.165, 1.54) is 44.6 Å². The number of aryl methyl sites for hydroxylation is 1. The van der Waals surface area contributed by atoms with E-state index in [1.807, 2.05) is 27.4 Å². The van der Waals surface area contributed by atoms with Crippen LogP contribution in [0.4, 0.5) is 5.82 Å². The van der Waals surface area contributed by atoms with E-state index in [0.717, 1.165) is 51.0 Å². The number of aromatic nitrogens is 5. The van der Waals surface area contributed by atoms with Gasteiger partial charge < -0.3 is 10.6 Å². The van der Waals surface area contributed by atoms with Gasteiger partial charge in [-0.2, -0.15) is 10.2 Å². The van der Waals surface area contributed by atoms with Crippen LogP contribution in [0.2, 0.25) is 5.02 Å². The minimum atomic E-state index is 0.495. The molecule has 1 saturated heterocycles. The van der Waals surface area contributed by atoms with Gasteiger partial charge in [-0.1, -0.05) is 35.9 Å². The Balaban J connectivity index is 1.27. The maximum absolute atomic E-state index is 6.35. The molecule has 5 aromatic rings. The van der Waals surface area contributed by atoms with Crippen molar-refractivity contribution in [2.75, 3.05) is 25.4 Å². The summed E-state index contributed by atoms with van der Waals surface area (Å²) in [4.78, 5) is 6.86. The summed E-state index contributed by atoms with van der Waals surface area (Å²) in [6.45, 7) is 4.35. The lowest BCUT2D eigenvalue weighted by molar-refractivity contribution is 0.330. The van der Waals surface area contributed by atoms with Crippen LogP contribution in [-0.4, -0.2) is 48.9 Å². The minimum Gasteiger partial charge on any atom is -0.382 e. The lowest BCUT2D eigenvalue weighted by Crippen LogP contribution is -2.20. The smallest absolute Gasteiger partial charge is 0.151 e. The molecule has 0 atom stereocenters. The molecule has 0 radical (unpaired) electrons. The van der Waals surface area contributed by atoms with Crippen molar-refractivity contribution in [2.45, 2.75) is 38.6 Å². The van der Waals surface area contributed by atoms with Crippen LogP contribution in [0.1, 0.15) is 36.9 Å². The summed E-state index contributed by atoms with van der Waals surface area (Å²) in [5, 5.41) is 11.2. The largest absolute Gasteiger partial charge is 0.382 e. The Morgan fingerprint density at radius 1 is 1.00 bits per heavy atom. The molecule has 1 aliphatic heterocycles. The van der Waals surface area contributed by atoms with Crippen LogP contribution in [0, 0.1) is 0 Å². The van der Waals surface area contributed by atoms with E-state index < -0.39 is 0 Å². The van der Waals surface area contributed by atoms with Gasteiger partial charge >= 0.3 is 0 Å². The highest BCUT2D eigenvalue weighted by atomic mass is 35.5. The van der Waals surface area contributed by atoms with Crippen molar-refractivity contribution < 1.29 is 0 Å². The number of rotatable bonds is 8. The summed E-state index contributed by atoms with van der Waals surface area (Å²) >= 11 is 6.16. The van der Waals surface area contributed by atoms with Gasteiger partial charge in [0.05, 0.1) is 12.1 Å². The molecule has 1 aliphatic rings. The monoisotopic (exact) mass is 499 g/mol. The van der Waals surface area contributed by atoms with Gasteiger partial charge in [0.2, 0.25) is 0 Å². The average Bonchev–Trinajstić information content (AvgIpc) is 3.60. The lowest BCUT2D eigenvalue weighted by Gasteiger charge is -2.13. The molecule has 0 aliphatic carbocycles. The van der Waals surface area contributed by atoms with E-state index in [2.05, 4.69) is 51.5 Å². The maximum Gasteiger partial charge on any atom is 0.151 e. The van der Waals surface area contributed by atoms with Gasteiger partial charge in [-0.05, 0) is 87.1 Å². The van der Waals surface area contributed by atoms with E-state index in [4.69, 9.17) is 22.4 Å². The highest BCUT2D eigenvalue weighted by Gasteiger charge is 2.17. The van der Waals surface area contributed by atoms with Crippen LogP contribution < -0.4 is 5.73 Å². The Morgan fingerprint density at radius 3 is 2.75 bits per heavy atom.